The number of hydrogen-bond acceptors (Lipinski definition) is 3. The van der Waals surface area contributed by atoms with E-state index < -0.39 is 0 Å². The second kappa shape index (κ2) is 7.49. The Kier molecular flexibility index (Phi) is 5.14. The molecule has 0 aromatic heterocycles. The fourth-order valence-corrected chi connectivity index (χ4v) is 3.15. The van der Waals surface area contributed by atoms with Crippen LogP contribution in [0, 0.1) is 6.92 Å². The number of carbonyl (C=O) groups excluding carboxylic acids is 2. The Morgan fingerprint density at radius 1 is 1.32 bits per heavy atom. The van der Waals surface area contributed by atoms with E-state index in [1.807, 2.05) is 43.3 Å². The first-order valence-electron chi connectivity index (χ1n) is 8.39. The summed E-state index contributed by atoms with van der Waals surface area (Å²) in [6.07, 6.45) is 1.09. The number of nitrogens with one attached hydrogen (secondary N) is 1. The number of amides is 2. The lowest BCUT2D eigenvalue weighted by molar-refractivity contribution is -0.133. The van der Waals surface area contributed by atoms with Crippen LogP contribution in [-0.2, 0) is 9.53 Å². The average molecular weight is 338 g/mol. The van der Waals surface area contributed by atoms with Gasteiger partial charge >= 0.3 is 0 Å². The molecular formula is C20H22N2O3. The summed E-state index contributed by atoms with van der Waals surface area (Å²) in [5, 5.41) is 4.93. The smallest absolute Gasteiger partial charge is 0.252 e. The number of morpholine rings is 1. The highest BCUT2D eigenvalue weighted by Gasteiger charge is 2.23. The highest BCUT2D eigenvalue weighted by Crippen LogP contribution is 2.22. The third-order valence-corrected chi connectivity index (χ3v) is 4.48. The summed E-state index contributed by atoms with van der Waals surface area (Å²) >= 11 is 0. The molecule has 2 aromatic rings. The maximum atomic E-state index is 12.7. The van der Waals surface area contributed by atoms with Gasteiger partial charge in [-0.3, -0.25) is 9.59 Å². The Hall–Kier alpha value is -2.66. The van der Waals surface area contributed by atoms with E-state index >= 15 is 0 Å². The molecular weight excluding hydrogens is 316 g/mol. The number of rotatable bonds is 4. The molecule has 1 aliphatic rings. The zero-order valence-corrected chi connectivity index (χ0v) is 14.3. The quantitative estimate of drug-likeness (QED) is 0.870. The van der Waals surface area contributed by atoms with Crippen LogP contribution >= 0.6 is 0 Å². The summed E-state index contributed by atoms with van der Waals surface area (Å²) in [6.45, 7) is 7.29. The van der Waals surface area contributed by atoms with Gasteiger partial charge in [0.2, 0.25) is 5.91 Å². The Bertz CT molecular complexity index is 816. The van der Waals surface area contributed by atoms with Crippen molar-refractivity contribution < 1.29 is 14.3 Å². The monoisotopic (exact) mass is 338 g/mol. The van der Waals surface area contributed by atoms with Gasteiger partial charge in [-0.1, -0.05) is 43.0 Å². The van der Waals surface area contributed by atoms with Gasteiger partial charge in [0, 0.05) is 19.6 Å². The Morgan fingerprint density at radius 3 is 2.92 bits per heavy atom. The third-order valence-electron chi connectivity index (χ3n) is 4.48. The predicted octanol–water partition coefficient (Wildman–Crippen LogP) is 2.29. The summed E-state index contributed by atoms with van der Waals surface area (Å²) in [5.74, 6) is -0.227. The number of fused-ring (bicyclic) bond motifs is 1. The molecule has 3 rings (SSSR count). The fraction of sp³-hybridized carbons (Fsp3) is 0.300. The highest BCUT2D eigenvalue weighted by molar-refractivity contribution is 6.08. The van der Waals surface area contributed by atoms with Gasteiger partial charge in [0.15, 0.2) is 0 Å². The third kappa shape index (κ3) is 3.72. The van der Waals surface area contributed by atoms with Gasteiger partial charge in [-0.2, -0.15) is 0 Å². The average Bonchev–Trinajstić information content (AvgIpc) is 2.65. The standard InChI is InChI=1S/C20H22N2O3/c1-3-18(23)22-10-11-25-16(13-22)12-21-20(24)19-14(2)8-9-15-6-4-5-7-17(15)19/h3-9,16H,1,10-13H2,2H3,(H,21,24). The van der Waals surface area contributed by atoms with E-state index in [0.29, 0.717) is 31.8 Å². The van der Waals surface area contributed by atoms with Crippen molar-refractivity contribution >= 4 is 22.6 Å². The summed E-state index contributed by atoms with van der Waals surface area (Å²) in [4.78, 5) is 26.1. The van der Waals surface area contributed by atoms with Crippen molar-refractivity contribution in [1.82, 2.24) is 10.2 Å². The highest BCUT2D eigenvalue weighted by atomic mass is 16.5. The Morgan fingerprint density at radius 2 is 2.12 bits per heavy atom. The van der Waals surface area contributed by atoms with Crippen molar-refractivity contribution in [3.63, 3.8) is 0 Å². The lowest BCUT2D eigenvalue weighted by Gasteiger charge is -2.32. The van der Waals surface area contributed by atoms with Crippen molar-refractivity contribution in [2.45, 2.75) is 13.0 Å². The van der Waals surface area contributed by atoms with Crippen LogP contribution in [0.4, 0.5) is 0 Å². The first-order chi connectivity index (χ1) is 12.1. The molecule has 130 valence electrons. The van der Waals surface area contributed by atoms with E-state index in [-0.39, 0.29) is 17.9 Å². The molecule has 0 radical (unpaired) electrons. The minimum atomic E-state index is -0.211. The van der Waals surface area contributed by atoms with Crippen LogP contribution in [0.1, 0.15) is 15.9 Å². The topological polar surface area (TPSA) is 58.6 Å². The SMILES string of the molecule is C=CC(=O)N1CCOC(CNC(=O)c2c(C)ccc3ccccc23)C1. The predicted molar refractivity (Wildman–Crippen MR) is 97.5 cm³/mol. The number of hydrogen-bond donors (Lipinski definition) is 1. The summed E-state index contributed by atoms with van der Waals surface area (Å²) in [7, 11) is 0. The molecule has 25 heavy (non-hydrogen) atoms. The molecule has 1 heterocycles. The minimum Gasteiger partial charge on any atom is -0.373 e. The largest absolute Gasteiger partial charge is 0.373 e. The van der Waals surface area contributed by atoms with Crippen LogP contribution < -0.4 is 5.32 Å². The van der Waals surface area contributed by atoms with Gasteiger partial charge in [-0.15, -0.1) is 0 Å². The normalized spacial score (nSPS) is 17.3. The van der Waals surface area contributed by atoms with Crippen molar-refractivity contribution in [3.05, 3.63) is 60.2 Å². The van der Waals surface area contributed by atoms with E-state index in [0.717, 1.165) is 16.3 Å². The van der Waals surface area contributed by atoms with Gasteiger partial charge in [-0.25, -0.2) is 0 Å². The van der Waals surface area contributed by atoms with Crippen LogP contribution in [0.5, 0.6) is 0 Å². The van der Waals surface area contributed by atoms with E-state index in [1.165, 1.54) is 6.08 Å². The molecule has 1 unspecified atom stereocenters. The molecule has 1 saturated heterocycles. The number of ether oxygens (including phenoxy) is 1. The van der Waals surface area contributed by atoms with Gasteiger partial charge in [0.1, 0.15) is 0 Å². The Labute approximate surface area is 147 Å². The lowest BCUT2D eigenvalue weighted by atomic mass is 9.99. The van der Waals surface area contributed by atoms with Gasteiger partial charge in [0.05, 0.1) is 18.3 Å². The molecule has 1 atom stereocenters. The van der Waals surface area contributed by atoms with Crippen molar-refractivity contribution in [1.29, 1.82) is 0 Å². The van der Waals surface area contributed by atoms with Gasteiger partial charge in [0.25, 0.3) is 5.91 Å². The molecule has 2 aromatic carbocycles. The van der Waals surface area contributed by atoms with Crippen molar-refractivity contribution in [3.8, 4) is 0 Å². The van der Waals surface area contributed by atoms with Gasteiger partial charge < -0.3 is 15.0 Å². The van der Waals surface area contributed by atoms with E-state index in [4.69, 9.17) is 4.74 Å². The summed E-state index contributed by atoms with van der Waals surface area (Å²) < 4.78 is 5.66. The number of aryl methyl sites for hydroxylation is 1. The van der Waals surface area contributed by atoms with Crippen LogP contribution in [-0.4, -0.2) is 49.1 Å². The lowest BCUT2D eigenvalue weighted by Crippen LogP contribution is -2.49. The van der Waals surface area contributed by atoms with Crippen molar-refractivity contribution in [2.75, 3.05) is 26.2 Å². The molecule has 0 aliphatic carbocycles. The maximum Gasteiger partial charge on any atom is 0.252 e. The van der Waals surface area contributed by atoms with Crippen LogP contribution in [0.2, 0.25) is 0 Å². The molecule has 5 heteroatoms. The summed E-state index contributed by atoms with van der Waals surface area (Å²) in [6, 6.07) is 11.8. The van der Waals surface area contributed by atoms with E-state index in [1.54, 1.807) is 4.90 Å². The first kappa shape index (κ1) is 17.2. The second-order valence-electron chi connectivity index (χ2n) is 6.17. The molecule has 1 aliphatic heterocycles. The Balaban J connectivity index is 1.70. The molecule has 2 amide bonds. The second-order valence-corrected chi connectivity index (χ2v) is 6.17. The first-order valence-corrected chi connectivity index (χ1v) is 8.39. The molecule has 5 nitrogen and oxygen atoms in total. The van der Waals surface area contributed by atoms with Crippen LogP contribution in [0.3, 0.4) is 0 Å². The fourth-order valence-electron chi connectivity index (χ4n) is 3.15. The molecule has 0 saturated carbocycles. The number of carbonyl (C=O) groups is 2. The van der Waals surface area contributed by atoms with E-state index in [2.05, 4.69) is 11.9 Å². The van der Waals surface area contributed by atoms with Gasteiger partial charge in [-0.05, 0) is 29.3 Å². The maximum absolute atomic E-state index is 12.7. The number of nitrogens with zero attached hydrogens (tertiary/aromatic N) is 1. The van der Waals surface area contributed by atoms with Crippen molar-refractivity contribution in [2.24, 2.45) is 0 Å². The summed E-state index contributed by atoms with van der Waals surface area (Å²) in [5.41, 5.74) is 1.62. The van der Waals surface area contributed by atoms with Crippen LogP contribution in [0.25, 0.3) is 10.8 Å². The zero-order chi connectivity index (χ0) is 17.8. The molecule has 1 N–H and O–H groups in total. The minimum absolute atomic E-state index is 0.107. The molecule has 0 spiro atoms. The number of benzene rings is 2. The van der Waals surface area contributed by atoms with E-state index in [9.17, 15) is 9.59 Å². The molecule has 0 bridgehead atoms. The van der Waals surface area contributed by atoms with Crippen LogP contribution in [0.15, 0.2) is 49.1 Å². The zero-order valence-electron chi connectivity index (χ0n) is 14.3. The molecule has 1 fully saturated rings.